The Labute approximate surface area is 60.8 Å². The monoisotopic (exact) mass is 168 g/mol. The second kappa shape index (κ2) is 3.38. The maximum Gasteiger partial charge on any atom is 0.334 e. The molecule has 5 nitrogen and oxygen atoms in total. The molecule has 3 N–H and O–H groups in total. The van der Waals surface area contributed by atoms with Gasteiger partial charge in [0.2, 0.25) is 0 Å². The Kier molecular flexibility index (Phi) is 3.11. The number of halogens is 1. The van der Waals surface area contributed by atoms with Crippen molar-refractivity contribution < 1.29 is 24.9 Å². The predicted molar refractivity (Wildman–Crippen MR) is 30.9 cm³/mol. The van der Waals surface area contributed by atoms with Gasteiger partial charge in [-0.05, 0) is 0 Å². The molecule has 2 atom stereocenters. The quantitative estimate of drug-likeness (QED) is 0.476. The van der Waals surface area contributed by atoms with Crippen LogP contribution in [0.3, 0.4) is 0 Å². The molecule has 0 aromatic heterocycles. The van der Waals surface area contributed by atoms with Crippen molar-refractivity contribution in [1.82, 2.24) is 0 Å². The largest absolute Gasteiger partial charge is 0.480 e. The van der Waals surface area contributed by atoms with Crippen molar-refractivity contribution in [3.8, 4) is 0 Å². The molecule has 0 amide bonds. The van der Waals surface area contributed by atoms with E-state index in [9.17, 15) is 9.59 Å². The van der Waals surface area contributed by atoms with Gasteiger partial charge in [-0.25, -0.2) is 4.79 Å². The molecule has 0 rings (SSSR count). The highest BCUT2D eigenvalue weighted by Gasteiger charge is 2.29. The van der Waals surface area contributed by atoms with E-state index in [4.69, 9.17) is 26.9 Å². The first kappa shape index (κ1) is 9.19. The molecule has 0 saturated carbocycles. The lowest BCUT2D eigenvalue weighted by Crippen LogP contribution is -2.35. The minimum absolute atomic E-state index is 1.56. The molecular weight excluding hydrogens is 163 g/mol. The number of hydrogen-bond donors (Lipinski definition) is 3. The van der Waals surface area contributed by atoms with Crippen molar-refractivity contribution in [3.63, 3.8) is 0 Å². The van der Waals surface area contributed by atoms with Gasteiger partial charge in [-0.15, -0.1) is 11.6 Å². The van der Waals surface area contributed by atoms with E-state index in [0.717, 1.165) is 0 Å². The van der Waals surface area contributed by atoms with E-state index >= 15 is 0 Å². The number of carboxylic acid groups (broad SMARTS) is 2. The topological polar surface area (TPSA) is 94.8 Å². The standard InChI is InChI=1S/C4H5ClO5/c5-1(3(7)8)2(6)4(9)10/h1-2,6H,(H,7,8)(H,9,10)/t1-,2-/m1/s1. The molecule has 10 heavy (non-hydrogen) atoms. The summed E-state index contributed by atoms with van der Waals surface area (Å²) in [7, 11) is 0. The van der Waals surface area contributed by atoms with Crippen LogP contribution in [-0.4, -0.2) is 38.7 Å². The summed E-state index contributed by atoms with van der Waals surface area (Å²) < 4.78 is 0. The second-order valence-electron chi connectivity index (χ2n) is 1.52. The number of hydrogen-bond acceptors (Lipinski definition) is 3. The summed E-state index contributed by atoms with van der Waals surface area (Å²) >= 11 is 4.93. The number of aliphatic hydroxyl groups is 1. The lowest BCUT2D eigenvalue weighted by Gasteiger charge is -2.06. The minimum Gasteiger partial charge on any atom is -0.480 e. The number of aliphatic hydroxyl groups excluding tert-OH is 1. The van der Waals surface area contributed by atoms with Crippen molar-refractivity contribution in [1.29, 1.82) is 0 Å². The molecule has 0 fully saturated rings. The van der Waals surface area contributed by atoms with Crippen molar-refractivity contribution in [2.75, 3.05) is 0 Å². The molecule has 0 radical (unpaired) electrons. The lowest BCUT2D eigenvalue weighted by atomic mass is 10.2. The Morgan fingerprint density at radius 1 is 1.20 bits per heavy atom. The van der Waals surface area contributed by atoms with Gasteiger partial charge in [0, 0.05) is 0 Å². The third-order valence-corrected chi connectivity index (χ3v) is 1.19. The summed E-state index contributed by atoms with van der Waals surface area (Å²) in [5.41, 5.74) is 0. The third kappa shape index (κ3) is 2.20. The van der Waals surface area contributed by atoms with Crippen LogP contribution >= 0.6 is 11.6 Å². The molecule has 6 heteroatoms. The minimum atomic E-state index is -2.06. The van der Waals surface area contributed by atoms with Crippen molar-refractivity contribution in [2.24, 2.45) is 0 Å². The van der Waals surface area contributed by atoms with Gasteiger partial charge in [0.1, 0.15) is 0 Å². The molecule has 0 unspecified atom stereocenters. The van der Waals surface area contributed by atoms with Gasteiger partial charge in [0.05, 0.1) is 0 Å². The first-order valence-corrected chi connectivity index (χ1v) is 2.68. The van der Waals surface area contributed by atoms with E-state index in [1.165, 1.54) is 0 Å². The maximum absolute atomic E-state index is 9.89. The molecule has 0 bridgehead atoms. The number of carbonyl (C=O) groups is 2. The zero-order valence-corrected chi connectivity index (χ0v) is 5.45. The Bertz CT molecular complexity index is 138. The van der Waals surface area contributed by atoms with Gasteiger partial charge in [-0.2, -0.15) is 0 Å². The van der Waals surface area contributed by atoms with Crippen LogP contribution in [0.4, 0.5) is 0 Å². The van der Waals surface area contributed by atoms with Gasteiger partial charge in [-0.1, -0.05) is 0 Å². The first-order valence-electron chi connectivity index (χ1n) is 2.24. The van der Waals surface area contributed by atoms with Crippen LogP contribution in [-0.2, 0) is 9.59 Å². The van der Waals surface area contributed by atoms with Crippen molar-refractivity contribution >= 4 is 23.5 Å². The van der Waals surface area contributed by atoms with Gasteiger partial charge >= 0.3 is 11.9 Å². The van der Waals surface area contributed by atoms with Crippen LogP contribution < -0.4 is 0 Å². The number of carboxylic acids is 2. The average molecular weight is 169 g/mol. The van der Waals surface area contributed by atoms with Crippen LogP contribution in [0.15, 0.2) is 0 Å². The molecule has 0 aliphatic carbocycles. The summed E-state index contributed by atoms with van der Waals surface area (Å²) in [5.74, 6) is -3.21. The molecule has 58 valence electrons. The molecule has 0 aliphatic rings. The van der Waals surface area contributed by atoms with E-state index in [1.54, 1.807) is 0 Å². The van der Waals surface area contributed by atoms with Gasteiger partial charge in [0.15, 0.2) is 11.5 Å². The Morgan fingerprint density at radius 3 is 1.70 bits per heavy atom. The first-order chi connectivity index (χ1) is 4.46. The van der Waals surface area contributed by atoms with E-state index in [1.807, 2.05) is 0 Å². The van der Waals surface area contributed by atoms with Crippen molar-refractivity contribution in [2.45, 2.75) is 11.5 Å². The zero-order chi connectivity index (χ0) is 8.31. The fourth-order valence-corrected chi connectivity index (χ4v) is 0.368. The van der Waals surface area contributed by atoms with Crippen molar-refractivity contribution in [3.05, 3.63) is 0 Å². The summed E-state index contributed by atoms with van der Waals surface area (Å²) in [6, 6.07) is 0. The lowest BCUT2D eigenvalue weighted by molar-refractivity contribution is -0.152. The Morgan fingerprint density at radius 2 is 1.60 bits per heavy atom. The van der Waals surface area contributed by atoms with Gasteiger partial charge in [-0.3, -0.25) is 4.79 Å². The zero-order valence-electron chi connectivity index (χ0n) is 4.69. The van der Waals surface area contributed by atoms with E-state index in [0.29, 0.717) is 0 Å². The fourth-order valence-electron chi connectivity index (χ4n) is 0.260. The second-order valence-corrected chi connectivity index (χ2v) is 1.99. The number of alkyl halides is 1. The molecule has 0 aliphatic heterocycles. The Hall–Kier alpha value is -0.810. The van der Waals surface area contributed by atoms with Crippen LogP contribution in [0, 0.1) is 0 Å². The SMILES string of the molecule is O=C(O)[C@H](O)[C@@H](Cl)C(=O)O. The van der Waals surface area contributed by atoms with Crippen LogP contribution in [0.1, 0.15) is 0 Å². The maximum atomic E-state index is 9.89. The highest BCUT2D eigenvalue weighted by molar-refractivity contribution is 6.31. The van der Waals surface area contributed by atoms with E-state index in [-0.39, 0.29) is 0 Å². The highest BCUT2D eigenvalue weighted by atomic mass is 35.5. The summed E-state index contributed by atoms with van der Waals surface area (Å²) in [6.07, 6.45) is -2.06. The summed E-state index contributed by atoms with van der Waals surface area (Å²) in [4.78, 5) is 19.7. The molecule has 0 heterocycles. The highest BCUT2D eigenvalue weighted by Crippen LogP contribution is 2.02. The summed E-state index contributed by atoms with van der Waals surface area (Å²) in [5, 5.41) is 22.7. The van der Waals surface area contributed by atoms with Crippen LogP contribution in [0.25, 0.3) is 0 Å². The summed E-state index contributed by atoms with van der Waals surface area (Å²) in [6.45, 7) is 0. The van der Waals surface area contributed by atoms with Gasteiger partial charge in [0.25, 0.3) is 0 Å². The molecule has 0 aromatic rings. The van der Waals surface area contributed by atoms with Gasteiger partial charge < -0.3 is 15.3 Å². The van der Waals surface area contributed by atoms with Crippen LogP contribution in [0.2, 0.25) is 0 Å². The molecule has 0 spiro atoms. The third-order valence-electron chi connectivity index (χ3n) is 0.766. The molecule has 0 saturated heterocycles. The molecular formula is C4H5ClO5. The molecule has 0 aromatic carbocycles. The van der Waals surface area contributed by atoms with E-state index < -0.39 is 23.4 Å². The smallest absolute Gasteiger partial charge is 0.334 e. The number of rotatable bonds is 3. The normalized spacial score (nSPS) is 15.8. The number of aliphatic carboxylic acids is 2. The average Bonchev–Trinajstić information content (AvgIpc) is 1.84. The predicted octanol–water partition coefficient (Wildman–Crippen LogP) is -0.876. The van der Waals surface area contributed by atoms with Crippen LogP contribution in [0.5, 0.6) is 0 Å². The fraction of sp³-hybridized carbons (Fsp3) is 0.500. The Balaban J connectivity index is 4.07. The van der Waals surface area contributed by atoms with E-state index in [2.05, 4.69) is 0 Å².